The van der Waals surface area contributed by atoms with Crippen molar-refractivity contribution in [2.75, 3.05) is 5.73 Å². The van der Waals surface area contributed by atoms with Crippen LogP contribution in [0.1, 0.15) is 11.1 Å². The fourth-order valence-electron chi connectivity index (χ4n) is 1.80. The molecule has 2 N–H and O–H groups in total. The van der Waals surface area contributed by atoms with Gasteiger partial charge in [-0.3, -0.25) is 0 Å². The van der Waals surface area contributed by atoms with Crippen molar-refractivity contribution in [3.05, 3.63) is 46.1 Å². The Morgan fingerprint density at radius 1 is 1.18 bits per heavy atom. The van der Waals surface area contributed by atoms with E-state index < -0.39 is 0 Å². The standard InChI is InChI=1S/C13H15N3O/c1-8-4-10(5-9(2)12(8)14)11-6-15-13(17)16(3)7-11/h4-7H,14H2,1-3H3. The normalized spacial score (nSPS) is 10.5. The van der Waals surface area contributed by atoms with Gasteiger partial charge in [0.25, 0.3) is 0 Å². The number of aryl methyl sites for hydroxylation is 3. The molecule has 0 aliphatic heterocycles. The van der Waals surface area contributed by atoms with Gasteiger partial charge in [0.15, 0.2) is 0 Å². The zero-order valence-corrected chi connectivity index (χ0v) is 10.2. The number of aromatic nitrogens is 2. The summed E-state index contributed by atoms with van der Waals surface area (Å²) in [5, 5.41) is 0. The first-order chi connectivity index (χ1) is 7.99. The van der Waals surface area contributed by atoms with E-state index in [4.69, 9.17) is 5.73 Å². The van der Waals surface area contributed by atoms with Crippen molar-refractivity contribution in [3.63, 3.8) is 0 Å². The molecule has 0 radical (unpaired) electrons. The van der Waals surface area contributed by atoms with E-state index in [2.05, 4.69) is 4.98 Å². The van der Waals surface area contributed by atoms with Crippen LogP contribution >= 0.6 is 0 Å². The van der Waals surface area contributed by atoms with Gasteiger partial charge >= 0.3 is 5.69 Å². The maximum Gasteiger partial charge on any atom is 0.347 e. The second-order valence-electron chi connectivity index (χ2n) is 4.26. The molecule has 0 spiro atoms. The number of nitrogen functional groups attached to an aromatic ring is 1. The summed E-state index contributed by atoms with van der Waals surface area (Å²) < 4.78 is 1.47. The largest absolute Gasteiger partial charge is 0.398 e. The van der Waals surface area contributed by atoms with Crippen LogP contribution in [0.25, 0.3) is 11.1 Å². The lowest BCUT2D eigenvalue weighted by molar-refractivity contribution is 0.812. The molecule has 0 amide bonds. The minimum Gasteiger partial charge on any atom is -0.398 e. The number of benzene rings is 1. The van der Waals surface area contributed by atoms with Gasteiger partial charge in [-0.05, 0) is 42.7 Å². The Labute approximate surface area is 99.7 Å². The van der Waals surface area contributed by atoms with Gasteiger partial charge in [-0.1, -0.05) is 0 Å². The number of hydrogen-bond donors (Lipinski definition) is 1. The summed E-state index contributed by atoms with van der Waals surface area (Å²) >= 11 is 0. The number of hydrogen-bond acceptors (Lipinski definition) is 3. The van der Waals surface area contributed by atoms with E-state index in [1.54, 1.807) is 19.4 Å². The van der Waals surface area contributed by atoms with Gasteiger partial charge in [-0.25, -0.2) is 9.78 Å². The monoisotopic (exact) mass is 229 g/mol. The Kier molecular flexibility index (Phi) is 2.71. The Balaban J connectivity index is 2.61. The Hall–Kier alpha value is -2.10. The SMILES string of the molecule is Cc1cc(-c2cnc(=O)n(C)c2)cc(C)c1N. The molecule has 0 saturated heterocycles. The molecule has 2 rings (SSSR count). The van der Waals surface area contributed by atoms with Crippen LogP contribution in [0.2, 0.25) is 0 Å². The highest BCUT2D eigenvalue weighted by Crippen LogP contribution is 2.25. The van der Waals surface area contributed by atoms with Crippen molar-refractivity contribution in [1.29, 1.82) is 0 Å². The highest BCUT2D eigenvalue weighted by molar-refractivity contribution is 5.69. The minimum absolute atomic E-state index is 0.252. The van der Waals surface area contributed by atoms with E-state index in [1.807, 2.05) is 26.0 Å². The third-order valence-corrected chi connectivity index (χ3v) is 2.88. The van der Waals surface area contributed by atoms with E-state index in [0.717, 1.165) is 27.9 Å². The maximum atomic E-state index is 11.2. The number of anilines is 1. The first-order valence-electron chi connectivity index (χ1n) is 5.39. The van der Waals surface area contributed by atoms with E-state index in [9.17, 15) is 4.79 Å². The topological polar surface area (TPSA) is 60.9 Å². The molecule has 0 unspecified atom stereocenters. The molecule has 4 nitrogen and oxygen atoms in total. The van der Waals surface area contributed by atoms with Crippen molar-refractivity contribution in [1.82, 2.24) is 9.55 Å². The average molecular weight is 229 g/mol. The lowest BCUT2D eigenvalue weighted by atomic mass is 10.0. The van der Waals surface area contributed by atoms with Gasteiger partial charge in [0.1, 0.15) is 0 Å². The molecule has 2 aromatic rings. The minimum atomic E-state index is -0.252. The Morgan fingerprint density at radius 2 is 1.76 bits per heavy atom. The summed E-state index contributed by atoms with van der Waals surface area (Å²) in [6.45, 7) is 3.95. The highest BCUT2D eigenvalue weighted by Gasteiger charge is 2.05. The van der Waals surface area contributed by atoms with Crippen molar-refractivity contribution in [2.24, 2.45) is 7.05 Å². The third-order valence-electron chi connectivity index (χ3n) is 2.88. The van der Waals surface area contributed by atoms with Crippen LogP contribution in [0.3, 0.4) is 0 Å². The van der Waals surface area contributed by atoms with Gasteiger partial charge < -0.3 is 10.3 Å². The van der Waals surface area contributed by atoms with Gasteiger partial charge in [0.05, 0.1) is 0 Å². The van der Waals surface area contributed by atoms with Crippen LogP contribution in [0, 0.1) is 13.8 Å². The van der Waals surface area contributed by atoms with Crippen molar-refractivity contribution in [2.45, 2.75) is 13.8 Å². The molecule has 0 fully saturated rings. The molecular formula is C13H15N3O. The van der Waals surface area contributed by atoms with E-state index in [0.29, 0.717) is 0 Å². The van der Waals surface area contributed by atoms with Crippen molar-refractivity contribution in [3.8, 4) is 11.1 Å². The second-order valence-corrected chi connectivity index (χ2v) is 4.26. The highest BCUT2D eigenvalue weighted by atomic mass is 16.1. The van der Waals surface area contributed by atoms with Gasteiger partial charge in [-0.2, -0.15) is 0 Å². The fraction of sp³-hybridized carbons (Fsp3) is 0.231. The Morgan fingerprint density at radius 3 is 2.29 bits per heavy atom. The van der Waals surface area contributed by atoms with E-state index in [1.165, 1.54) is 4.57 Å². The van der Waals surface area contributed by atoms with Crippen LogP contribution in [0.5, 0.6) is 0 Å². The first kappa shape index (κ1) is 11.4. The van der Waals surface area contributed by atoms with Crippen LogP contribution in [-0.2, 0) is 7.05 Å². The molecular weight excluding hydrogens is 214 g/mol. The molecule has 1 aromatic heterocycles. The molecule has 1 heterocycles. The summed E-state index contributed by atoms with van der Waals surface area (Å²) in [6, 6.07) is 4.01. The average Bonchev–Trinajstić information content (AvgIpc) is 2.29. The summed E-state index contributed by atoms with van der Waals surface area (Å²) in [7, 11) is 1.69. The van der Waals surface area contributed by atoms with Crippen molar-refractivity contribution >= 4 is 5.69 Å². The van der Waals surface area contributed by atoms with Crippen LogP contribution in [0.15, 0.2) is 29.3 Å². The summed E-state index contributed by atoms with van der Waals surface area (Å²) in [5.74, 6) is 0. The zero-order chi connectivity index (χ0) is 12.6. The molecule has 4 heteroatoms. The van der Waals surface area contributed by atoms with Gasteiger partial charge in [0.2, 0.25) is 0 Å². The molecule has 17 heavy (non-hydrogen) atoms. The summed E-state index contributed by atoms with van der Waals surface area (Å²) in [6.07, 6.45) is 3.37. The lowest BCUT2D eigenvalue weighted by Crippen LogP contribution is -2.18. The quantitative estimate of drug-likeness (QED) is 0.756. The van der Waals surface area contributed by atoms with E-state index in [-0.39, 0.29) is 5.69 Å². The smallest absolute Gasteiger partial charge is 0.347 e. The summed E-state index contributed by atoms with van der Waals surface area (Å²) in [5.41, 5.74) is 10.5. The van der Waals surface area contributed by atoms with Gasteiger partial charge in [0, 0.05) is 30.7 Å². The first-order valence-corrected chi connectivity index (χ1v) is 5.39. The summed E-state index contributed by atoms with van der Waals surface area (Å²) in [4.78, 5) is 15.0. The van der Waals surface area contributed by atoms with Crippen molar-refractivity contribution < 1.29 is 0 Å². The zero-order valence-electron chi connectivity index (χ0n) is 10.2. The lowest BCUT2D eigenvalue weighted by Gasteiger charge is -2.09. The number of nitrogens with zero attached hydrogens (tertiary/aromatic N) is 2. The number of rotatable bonds is 1. The third kappa shape index (κ3) is 2.06. The Bertz CT molecular complexity index is 606. The molecule has 0 atom stereocenters. The van der Waals surface area contributed by atoms with Crippen LogP contribution in [0.4, 0.5) is 5.69 Å². The molecule has 1 aromatic carbocycles. The van der Waals surface area contributed by atoms with Crippen LogP contribution in [-0.4, -0.2) is 9.55 Å². The number of nitrogens with two attached hydrogens (primary N) is 1. The predicted molar refractivity (Wildman–Crippen MR) is 68.8 cm³/mol. The molecule has 0 aliphatic rings. The van der Waals surface area contributed by atoms with E-state index >= 15 is 0 Å². The maximum absolute atomic E-state index is 11.2. The second kappa shape index (κ2) is 4.05. The molecule has 0 aliphatic carbocycles. The van der Waals surface area contributed by atoms with Crippen LogP contribution < -0.4 is 11.4 Å². The molecule has 88 valence electrons. The fourth-order valence-corrected chi connectivity index (χ4v) is 1.80. The molecule has 0 saturated carbocycles. The predicted octanol–water partition coefficient (Wildman–Crippen LogP) is 1.65. The molecule has 0 bridgehead atoms. The van der Waals surface area contributed by atoms with Gasteiger partial charge in [-0.15, -0.1) is 0 Å².